The quantitative estimate of drug-likeness (QED) is 0.747. The van der Waals surface area contributed by atoms with E-state index >= 15 is 0 Å². The molecule has 0 atom stereocenters. The van der Waals surface area contributed by atoms with E-state index < -0.39 is 0 Å². The van der Waals surface area contributed by atoms with Crippen LogP contribution >= 0.6 is 23.2 Å². The highest BCUT2D eigenvalue weighted by Gasteiger charge is 2.05. The first-order valence-corrected chi connectivity index (χ1v) is 8.17. The second-order valence-electron chi connectivity index (χ2n) is 5.24. The van der Waals surface area contributed by atoms with Crippen LogP contribution in [0, 0.1) is 0 Å². The van der Waals surface area contributed by atoms with Crippen molar-refractivity contribution in [2.45, 2.75) is 32.6 Å². The third-order valence-electron chi connectivity index (χ3n) is 3.35. The number of benzene rings is 1. The van der Waals surface area contributed by atoms with Crippen molar-refractivity contribution in [3.63, 3.8) is 0 Å². The van der Waals surface area contributed by atoms with Crippen LogP contribution in [0.2, 0.25) is 10.0 Å². The molecule has 0 fully saturated rings. The summed E-state index contributed by atoms with van der Waals surface area (Å²) in [5.74, 6) is 0.0865. The summed E-state index contributed by atoms with van der Waals surface area (Å²) in [4.78, 5) is 14.0. The van der Waals surface area contributed by atoms with Crippen molar-refractivity contribution in [1.29, 1.82) is 0 Å². The Kier molecular flexibility index (Phi) is 8.74. The molecule has 118 valence electrons. The van der Waals surface area contributed by atoms with Crippen LogP contribution in [0.1, 0.15) is 31.7 Å². The van der Waals surface area contributed by atoms with E-state index in [0.717, 1.165) is 18.7 Å². The van der Waals surface area contributed by atoms with Crippen LogP contribution in [0.4, 0.5) is 0 Å². The molecule has 0 bridgehead atoms. The Morgan fingerprint density at radius 3 is 2.71 bits per heavy atom. The number of hydrogen-bond donors (Lipinski definition) is 1. The zero-order valence-corrected chi connectivity index (χ0v) is 14.3. The van der Waals surface area contributed by atoms with Crippen molar-refractivity contribution in [2.24, 2.45) is 0 Å². The molecule has 0 saturated heterocycles. The Labute approximate surface area is 137 Å². The SMILES string of the molecule is CCCCN(C)CCC(=O)NCCc1ccc(Cl)cc1Cl. The number of rotatable bonds is 9. The average molecular weight is 331 g/mol. The number of nitrogens with zero attached hydrogens (tertiary/aromatic N) is 1. The number of amides is 1. The highest BCUT2D eigenvalue weighted by Crippen LogP contribution is 2.20. The molecule has 1 aromatic carbocycles. The van der Waals surface area contributed by atoms with Gasteiger partial charge in [0.25, 0.3) is 0 Å². The van der Waals surface area contributed by atoms with Crippen LogP contribution in [-0.2, 0) is 11.2 Å². The molecule has 1 aromatic rings. The summed E-state index contributed by atoms with van der Waals surface area (Å²) < 4.78 is 0. The number of carbonyl (C=O) groups is 1. The van der Waals surface area contributed by atoms with E-state index in [1.165, 1.54) is 12.8 Å². The minimum atomic E-state index is 0.0865. The van der Waals surface area contributed by atoms with Crippen molar-refractivity contribution >= 4 is 29.1 Å². The summed E-state index contributed by atoms with van der Waals surface area (Å²) in [6.07, 6.45) is 3.60. The van der Waals surface area contributed by atoms with Crippen molar-refractivity contribution in [1.82, 2.24) is 10.2 Å². The van der Waals surface area contributed by atoms with Gasteiger partial charge < -0.3 is 10.2 Å². The van der Waals surface area contributed by atoms with Crippen molar-refractivity contribution in [3.05, 3.63) is 33.8 Å². The van der Waals surface area contributed by atoms with Crippen molar-refractivity contribution < 1.29 is 4.79 Å². The van der Waals surface area contributed by atoms with Gasteiger partial charge in [-0.2, -0.15) is 0 Å². The fourth-order valence-electron chi connectivity index (χ4n) is 1.98. The Morgan fingerprint density at radius 2 is 2.05 bits per heavy atom. The number of halogens is 2. The minimum absolute atomic E-state index is 0.0865. The van der Waals surface area contributed by atoms with Gasteiger partial charge in [0.1, 0.15) is 0 Å². The Bertz CT molecular complexity index is 452. The van der Waals surface area contributed by atoms with E-state index in [4.69, 9.17) is 23.2 Å². The molecular formula is C16H24Cl2N2O. The normalized spacial score (nSPS) is 10.9. The van der Waals surface area contributed by atoms with Gasteiger partial charge in [0, 0.05) is 29.6 Å². The van der Waals surface area contributed by atoms with Gasteiger partial charge in [-0.05, 0) is 44.1 Å². The first-order chi connectivity index (χ1) is 10.0. The molecule has 3 nitrogen and oxygen atoms in total. The van der Waals surface area contributed by atoms with Gasteiger partial charge in [0.05, 0.1) is 0 Å². The average Bonchev–Trinajstić information content (AvgIpc) is 2.45. The lowest BCUT2D eigenvalue weighted by atomic mass is 10.1. The summed E-state index contributed by atoms with van der Waals surface area (Å²) in [6.45, 7) is 4.61. The maximum Gasteiger partial charge on any atom is 0.221 e. The summed E-state index contributed by atoms with van der Waals surface area (Å²) in [7, 11) is 2.05. The lowest BCUT2D eigenvalue weighted by Crippen LogP contribution is -2.30. The molecule has 0 radical (unpaired) electrons. The summed E-state index contributed by atoms with van der Waals surface area (Å²) >= 11 is 11.9. The number of carbonyl (C=O) groups excluding carboxylic acids is 1. The van der Waals surface area contributed by atoms with Gasteiger partial charge in [-0.15, -0.1) is 0 Å². The lowest BCUT2D eigenvalue weighted by molar-refractivity contribution is -0.121. The Hall–Kier alpha value is -0.770. The van der Waals surface area contributed by atoms with Crippen LogP contribution in [0.3, 0.4) is 0 Å². The zero-order chi connectivity index (χ0) is 15.7. The topological polar surface area (TPSA) is 32.3 Å². The van der Waals surface area contributed by atoms with E-state index in [1.807, 2.05) is 12.1 Å². The number of nitrogens with one attached hydrogen (secondary N) is 1. The van der Waals surface area contributed by atoms with Gasteiger partial charge in [-0.25, -0.2) is 0 Å². The van der Waals surface area contributed by atoms with Crippen LogP contribution in [-0.4, -0.2) is 37.5 Å². The zero-order valence-electron chi connectivity index (χ0n) is 12.8. The fourth-order valence-corrected chi connectivity index (χ4v) is 2.48. The standard InChI is InChI=1S/C16H24Cl2N2O/c1-3-4-10-20(2)11-8-16(21)19-9-7-13-5-6-14(17)12-15(13)18/h5-6,12H,3-4,7-11H2,1-2H3,(H,19,21). The predicted octanol–water partition coefficient (Wildman–Crippen LogP) is 3.77. The van der Waals surface area contributed by atoms with Crippen molar-refractivity contribution in [3.8, 4) is 0 Å². The molecule has 0 saturated carbocycles. The molecule has 5 heteroatoms. The number of unbranched alkanes of at least 4 members (excludes halogenated alkanes) is 1. The van der Waals surface area contributed by atoms with E-state index in [2.05, 4.69) is 24.2 Å². The summed E-state index contributed by atoms with van der Waals surface area (Å²) in [5.41, 5.74) is 1.00. The molecule has 1 rings (SSSR count). The van der Waals surface area contributed by atoms with E-state index in [1.54, 1.807) is 6.07 Å². The van der Waals surface area contributed by atoms with E-state index in [9.17, 15) is 4.79 Å². The van der Waals surface area contributed by atoms with Gasteiger partial charge in [-0.1, -0.05) is 42.6 Å². The monoisotopic (exact) mass is 330 g/mol. The molecule has 21 heavy (non-hydrogen) atoms. The summed E-state index contributed by atoms with van der Waals surface area (Å²) in [6, 6.07) is 5.44. The Balaban J connectivity index is 2.21. The highest BCUT2D eigenvalue weighted by atomic mass is 35.5. The fraction of sp³-hybridized carbons (Fsp3) is 0.562. The smallest absolute Gasteiger partial charge is 0.221 e. The van der Waals surface area contributed by atoms with E-state index in [-0.39, 0.29) is 5.91 Å². The van der Waals surface area contributed by atoms with Crippen LogP contribution in [0.15, 0.2) is 18.2 Å². The van der Waals surface area contributed by atoms with Gasteiger partial charge >= 0.3 is 0 Å². The first kappa shape index (κ1) is 18.3. The van der Waals surface area contributed by atoms with Crippen LogP contribution in [0.5, 0.6) is 0 Å². The predicted molar refractivity (Wildman–Crippen MR) is 90.2 cm³/mol. The lowest BCUT2D eigenvalue weighted by Gasteiger charge is -2.15. The third kappa shape index (κ3) is 7.70. The Morgan fingerprint density at radius 1 is 1.29 bits per heavy atom. The molecule has 0 aliphatic carbocycles. The second-order valence-corrected chi connectivity index (χ2v) is 6.09. The van der Waals surface area contributed by atoms with Gasteiger partial charge in [0.15, 0.2) is 0 Å². The van der Waals surface area contributed by atoms with Crippen molar-refractivity contribution in [2.75, 3.05) is 26.7 Å². The molecule has 0 unspecified atom stereocenters. The van der Waals surface area contributed by atoms with Gasteiger partial charge in [0.2, 0.25) is 5.91 Å². The number of hydrogen-bond acceptors (Lipinski definition) is 2. The first-order valence-electron chi connectivity index (χ1n) is 7.42. The third-order valence-corrected chi connectivity index (χ3v) is 3.93. The maximum absolute atomic E-state index is 11.8. The second kappa shape index (κ2) is 10.0. The molecule has 1 N–H and O–H groups in total. The molecular weight excluding hydrogens is 307 g/mol. The van der Waals surface area contributed by atoms with Crippen LogP contribution < -0.4 is 5.32 Å². The highest BCUT2D eigenvalue weighted by molar-refractivity contribution is 6.35. The molecule has 0 aromatic heterocycles. The molecule has 0 heterocycles. The van der Waals surface area contributed by atoms with Crippen LogP contribution in [0.25, 0.3) is 0 Å². The molecule has 0 spiro atoms. The largest absolute Gasteiger partial charge is 0.356 e. The van der Waals surface area contributed by atoms with E-state index in [0.29, 0.717) is 29.4 Å². The minimum Gasteiger partial charge on any atom is -0.356 e. The molecule has 1 amide bonds. The van der Waals surface area contributed by atoms with Gasteiger partial charge in [-0.3, -0.25) is 4.79 Å². The molecule has 0 aliphatic rings. The maximum atomic E-state index is 11.8. The molecule has 0 aliphatic heterocycles. The summed E-state index contributed by atoms with van der Waals surface area (Å²) in [5, 5.41) is 4.20.